The topological polar surface area (TPSA) is 55.8 Å². The Labute approximate surface area is 114 Å². The van der Waals surface area contributed by atoms with Crippen molar-refractivity contribution in [3.8, 4) is 0 Å². The largest absolute Gasteiger partial charge is 0.395 e. The third-order valence-electron chi connectivity index (χ3n) is 2.64. The number of nitrogens with zero attached hydrogens (tertiary/aromatic N) is 2. The second kappa shape index (κ2) is 7.43. The molecule has 0 unspecified atom stereocenters. The first-order chi connectivity index (χ1) is 9.08. The van der Waals surface area contributed by atoms with Gasteiger partial charge in [0.2, 0.25) is 0 Å². The van der Waals surface area contributed by atoms with Crippen molar-refractivity contribution in [2.45, 2.75) is 0 Å². The van der Waals surface area contributed by atoms with Crippen molar-refractivity contribution in [1.82, 2.24) is 4.90 Å². The van der Waals surface area contributed by atoms with Gasteiger partial charge in [0.15, 0.2) is 0 Å². The van der Waals surface area contributed by atoms with E-state index >= 15 is 0 Å². The van der Waals surface area contributed by atoms with Crippen LogP contribution >= 0.6 is 0 Å². The van der Waals surface area contributed by atoms with Crippen LogP contribution in [0.25, 0.3) is 0 Å². The van der Waals surface area contributed by atoms with Gasteiger partial charge in [-0.2, -0.15) is 0 Å². The number of carbonyl (C=O) groups excluding carboxylic acids is 1. The molecule has 0 aliphatic heterocycles. The molecule has 0 spiro atoms. The molecule has 5 heteroatoms. The summed E-state index contributed by atoms with van der Waals surface area (Å²) in [7, 11) is 3.92. The highest BCUT2D eigenvalue weighted by Gasteiger charge is 2.11. The molecular weight excluding hydrogens is 242 g/mol. The molecule has 0 saturated heterocycles. The molecule has 0 aliphatic rings. The molecule has 2 amide bonds. The highest BCUT2D eigenvalue weighted by atomic mass is 16.3. The fourth-order valence-corrected chi connectivity index (χ4v) is 1.60. The average Bonchev–Trinajstić information content (AvgIpc) is 2.39. The van der Waals surface area contributed by atoms with E-state index in [1.165, 1.54) is 4.90 Å². The molecule has 0 fully saturated rings. The first-order valence-electron chi connectivity index (χ1n) is 6.13. The van der Waals surface area contributed by atoms with Gasteiger partial charge in [0, 0.05) is 38.6 Å². The molecule has 19 heavy (non-hydrogen) atoms. The number of carbonyl (C=O) groups is 1. The van der Waals surface area contributed by atoms with Gasteiger partial charge in [0.1, 0.15) is 0 Å². The van der Waals surface area contributed by atoms with Crippen LogP contribution in [0.2, 0.25) is 0 Å². The van der Waals surface area contributed by atoms with Crippen LogP contribution in [0, 0.1) is 0 Å². The lowest BCUT2D eigenvalue weighted by atomic mass is 10.2. The number of hydrogen-bond donors (Lipinski definition) is 2. The van der Waals surface area contributed by atoms with E-state index in [1.54, 1.807) is 6.08 Å². The van der Waals surface area contributed by atoms with Crippen LogP contribution < -0.4 is 10.2 Å². The summed E-state index contributed by atoms with van der Waals surface area (Å²) in [6.07, 6.45) is 1.63. The number of aliphatic hydroxyl groups is 1. The Kier molecular flexibility index (Phi) is 5.89. The van der Waals surface area contributed by atoms with Crippen molar-refractivity contribution in [3.63, 3.8) is 0 Å². The number of benzene rings is 1. The van der Waals surface area contributed by atoms with Crippen LogP contribution in [0.1, 0.15) is 0 Å². The van der Waals surface area contributed by atoms with Gasteiger partial charge in [-0.3, -0.25) is 0 Å². The summed E-state index contributed by atoms with van der Waals surface area (Å²) in [4.78, 5) is 15.4. The molecule has 0 aliphatic carbocycles. The Morgan fingerprint density at radius 1 is 1.37 bits per heavy atom. The van der Waals surface area contributed by atoms with Crippen molar-refractivity contribution >= 4 is 17.4 Å². The van der Waals surface area contributed by atoms with E-state index in [0.717, 1.165) is 11.4 Å². The van der Waals surface area contributed by atoms with E-state index in [4.69, 9.17) is 5.11 Å². The number of nitrogens with one attached hydrogen (secondary N) is 1. The summed E-state index contributed by atoms with van der Waals surface area (Å²) in [5.41, 5.74) is 1.79. The molecule has 0 aromatic heterocycles. The fourth-order valence-electron chi connectivity index (χ4n) is 1.60. The molecule has 5 nitrogen and oxygen atoms in total. The number of rotatable bonds is 6. The Morgan fingerprint density at radius 2 is 2.00 bits per heavy atom. The zero-order chi connectivity index (χ0) is 14.3. The van der Waals surface area contributed by atoms with Gasteiger partial charge in [0.25, 0.3) is 0 Å². The van der Waals surface area contributed by atoms with Crippen molar-refractivity contribution in [1.29, 1.82) is 0 Å². The van der Waals surface area contributed by atoms with Gasteiger partial charge in [-0.25, -0.2) is 4.79 Å². The minimum absolute atomic E-state index is 0.0686. The predicted molar refractivity (Wildman–Crippen MR) is 78.6 cm³/mol. The summed E-state index contributed by atoms with van der Waals surface area (Å²) in [6, 6.07) is 7.31. The van der Waals surface area contributed by atoms with Crippen LogP contribution in [-0.2, 0) is 0 Å². The van der Waals surface area contributed by atoms with E-state index in [1.807, 2.05) is 43.3 Å². The lowest BCUT2D eigenvalue weighted by molar-refractivity contribution is 0.195. The number of hydrogen-bond acceptors (Lipinski definition) is 3. The first kappa shape index (κ1) is 15.0. The summed E-state index contributed by atoms with van der Waals surface area (Å²) >= 11 is 0. The summed E-state index contributed by atoms with van der Waals surface area (Å²) in [5.74, 6) is 0. The highest BCUT2D eigenvalue weighted by Crippen LogP contribution is 2.15. The normalized spacial score (nSPS) is 9.84. The summed E-state index contributed by atoms with van der Waals surface area (Å²) < 4.78 is 0. The van der Waals surface area contributed by atoms with E-state index in [-0.39, 0.29) is 19.2 Å². The number of aliphatic hydroxyl groups excluding tert-OH is 1. The lowest BCUT2D eigenvalue weighted by Crippen LogP contribution is -2.37. The molecular formula is C14H21N3O2. The number of anilines is 2. The summed E-state index contributed by atoms with van der Waals surface area (Å²) in [5, 5.41) is 11.7. The smallest absolute Gasteiger partial charge is 0.322 e. The zero-order valence-corrected chi connectivity index (χ0v) is 11.5. The number of urea groups is 1. The first-order valence-corrected chi connectivity index (χ1v) is 6.13. The van der Waals surface area contributed by atoms with Crippen LogP contribution in [0.3, 0.4) is 0 Å². The Hall–Kier alpha value is -2.01. The standard InChI is InChI=1S/C14H21N3O2/c1-4-9-17(10-11-18)14(19)15-12-5-7-13(8-6-12)16(2)3/h4-8,18H,1,9-11H2,2-3H3,(H,15,19). The molecule has 0 atom stereocenters. The average molecular weight is 263 g/mol. The molecule has 1 aromatic carbocycles. The van der Waals surface area contributed by atoms with Crippen molar-refractivity contribution < 1.29 is 9.90 Å². The van der Waals surface area contributed by atoms with E-state index in [9.17, 15) is 4.79 Å². The van der Waals surface area contributed by atoms with Crippen molar-refractivity contribution in [3.05, 3.63) is 36.9 Å². The molecule has 1 rings (SSSR count). The van der Waals surface area contributed by atoms with Crippen molar-refractivity contribution in [2.24, 2.45) is 0 Å². The van der Waals surface area contributed by atoms with Gasteiger partial charge in [0.05, 0.1) is 6.61 Å². The highest BCUT2D eigenvalue weighted by molar-refractivity contribution is 5.89. The van der Waals surface area contributed by atoms with Gasteiger partial charge in [-0.15, -0.1) is 6.58 Å². The molecule has 0 saturated carbocycles. The molecule has 0 radical (unpaired) electrons. The van der Waals surface area contributed by atoms with E-state index in [0.29, 0.717) is 6.54 Å². The zero-order valence-electron chi connectivity index (χ0n) is 11.5. The quantitative estimate of drug-likeness (QED) is 0.769. The maximum absolute atomic E-state index is 12.0. The maximum atomic E-state index is 12.0. The second-order valence-electron chi connectivity index (χ2n) is 4.33. The van der Waals surface area contributed by atoms with E-state index in [2.05, 4.69) is 11.9 Å². The van der Waals surface area contributed by atoms with E-state index < -0.39 is 0 Å². The van der Waals surface area contributed by atoms with Gasteiger partial charge in [-0.05, 0) is 24.3 Å². The SMILES string of the molecule is C=CCN(CCO)C(=O)Nc1ccc(N(C)C)cc1. The van der Waals surface area contributed by atoms with Crippen LogP contribution in [0.15, 0.2) is 36.9 Å². The molecule has 2 N–H and O–H groups in total. The molecule has 0 heterocycles. The van der Waals surface area contributed by atoms with Crippen LogP contribution in [-0.4, -0.2) is 49.8 Å². The maximum Gasteiger partial charge on any atom is 0.322 e. The van der Waals surface area contributed by atoms with Gasteiger partial charge in [-0.1, -0.05) is 6.08 Å². The molecule has 1 aromatic rings. The minimum atomic E-state index is -0.244. The Bertz CT molecular complexity index is 415. The minimum Gasteiger partial charge on any atom is -0.395 e. The Balaban J connectivity index is 2.66. The predicted octanol–water partition coefficient (Wildman–Crippen LogP) is 1.76. The second-order valence-corrected chi connectivity index (χ2v) is 4.33. The summed E-state index contributed by atoms with van der Waals surface area (Å²) in [6.45, 7) is 4.22. The molecule has 104 valence electrons. The molecule has 0 bridgehead atoms. The lowest BCUT2D eigenvalue weighted by Gasteiger charge is -2.20. The van der Waals surface area contributed by atoms with Crippen LogP contribution in [0.4, 0.5) is 16.2 Å². The fraction of sp³-hybridized carbons (Fsp3) is 0.357. The Morgan fingerprint density at radius 3 is 2.47 bits per heavy atom. The van der Waals surface area contributed by atoms with Gasteiger partial charge < -0.3 is 20.2 Å². The van der Waals surface area contributed by atoms with Gasteiger partial charge >= 0.3 is 6.03 Å². The monoisotopic (exact) mass is 263 g/mol. The van der Waals surface area contributed by atoms with Crippen LogP contribution in [0.5, 0.6) is 0 Å². The number of amides is 2. The third-order valence-corrected chi connectivity index (χ3v) is 2.64. The third kappa shape index (κ3) is 4.63. The van der Waals surface area contributed by atoms with Crippen molar-refractivity contribution in [2.75, 3.05) is 44.0 Å².